The van der Waals surface area contributed by atoms with Gasteiger partial charge in [0.15, 0.2) is 0 Å². The van der Waals surface area contributed by atoms with Crippen molar-refractivity contribution in [1.82, 2.24) is 9.97 Å². The number of allylic oxidation sites excluding steroid dienone is 6. The number of hydrogen-bond donors (Lipinski definition) is 0. The molecule has 1 heterocycles. The van der Waals surface area contributed by atoms with E-state index in [9.17, 15) is 0 Å². The monoisotopic (exact) mass is 719 g/mol. The predicted molar refractivity (Wildman–Crippen MR) is 239 cm³/mol. The van der Waals surface area contributed by atoms with Crippen molar-refractivity contribution < 1.29 is 0 Å². The van der Waals surface area contributed by atoms with Gasteiger partial charge >= 0.3 is 0 Å². The molecule has 1 aliphatic rings. The highest BCUT2D eigenvalue weighted by molar-refractivity contribution is 6.14. The fraction of sp³-hybridized carbons (Fsp3) is 0.0755. The number of fused-ring (bicyclic) bond motifs is 6. The lowest BCUT2D eigenvalue weighted by molar-refractivity contribution is 0.730. The molecular formula is C53H41N3. The summed E-state index contributed by atoms with van der Waals surface area (Å²) < 4.78 is 0. The maximum atomic E-state index is 5.36. The zero-order valence-corrected chi connectivity index (χ0v) is 31.2. The second-order valence-corrected chi connectivity index (χ2v) is 14.3. The van der Waals surface area contributed by atoms with Crippen LogP contribution in [0.15, 0.2) is 206 Å². The molecule has 3 heteroatoms. The van der Waals surface area contributed by atoms with Gasteiger partial charge in [-0.1, -0.05) is 177 Å². The quantitative estimate of drug-likeness (QED) is 0.0802. The minimum Gasteiger partial charge on any atom is -0.292 e. The molecule has 0 fully saturated rings. The standard InChI is InChI=1S/C53H41N3/c1-3-5-14-42(35-54-31-4-2)36-23-29-39(30-24-36)53-55-51(34-52(56-53)50-33-41-16-7-9-18-44(41)46-20-11-13-22-48(46)50)38-27-25-37(26-28-38)49-32-40-15-6-8-17-43(40)45-19-10-12-21-47(45)49/h3-29,31-34,39,42H,1-2,30,35H2/b14-5+,54-31?. The summed E-state index contributed by atoms with van der Waals surface area (Å²) in [6, 6.07) is 50.3. The third kappa shape index (κ3) is 6.69. The lowest BCUT2D eigenvalue weighted by Crippen LogP contribution is -2.10. The van der Waals surface area contributed by atoms with Crippen molar-refractivity contribution in [3.05, 3.63) is 207 Å². The molecule has 7 aromatic carbocycles. The molecule has 268 valence electrons. The van der Waals surface area contributed by atoms with E-state index in [4.69, 9.17) is 9.97 Å². The average molecular weight is 720 g/mol. The molecule has 0 aliphatic heterocycles. The number of nitrogens with zero attached hydrogens (tertiary/aromatic N) is 3. The van der Waals surface area contributed by atoms with Gasteiger partial charge in [-0.25, -0.2) is 9.97 Å². The zero-order chi connectivity index (χ0) is 37.8. The highest BCUT2D eigenvalue weighted by Gasteiger charge is 2.21. The van der Waals surface area contributed by atoms with Crippen molar-refractivity contribution in [3.8, 4) is 33.6 Å². The first-order chi connectivity index (χ1) is 27.7. The van der Waals surface area contributed by atoms with Crippen LogP contribution in [0.25, 0.3) is 76.7 Å². The minimum atomic E-state index is 0.0214. The summed E-state index contributed by atoms with van der Waals surface area (Å²) >= 11 is 0. The largest absolute Gasteiger partial charge is 0.292 e. The molecule has 56 heavy (non-hydrogen) atoms. The predicted octanol–water partition coefficient (Wildman–Crippen LogP) is 13.7. The first-order valence-electron chi connectivity index (χ1n) is 19.3. The van der Waals surface area contributed by atoms with Crippen LogP contribution < -0.4 is 0 Å². The summed E-state index contributed by atoms with van der Waals surface area (Å²) in [5.74, 6) is 0.980. The van der Waals surface area contributed by atoms with Crippen LogP contribution >= 0.6 is 0 Å². The molecule has 9 rings (SSSR count). The Morgan fingerprint density at radius 1 is 0.607 bits per heavy atom. The summed E-state index contributed by atoms with van der Waals surface area (Å²) in [6.07, 6.45) is 17.0. The second kappa shape index (κ2) is 15.4. The van der Waals surface area contributed by atoms with Crippen molar-refractivity contribution in [1.29, 1.82) is 0 Å². The number of aromatic nitrogens is 2. The number of hydrogen-bond acceptors (Lipinski definition) is 3. The number of rotatable bonds is 10. The molecule has 0 saturated carbocycles. The van der Waals surface area contributed by atoms with Crippen LogP contribution in [0.4, 0.5) is 0 Å². The van der Waals surface area contributed by atoms with Crippen molar-refractivity contribution in [2.75, 3.05) is 6.54 Å². The van der Waals surface area contributed by atoms with E-state index in [-0.39, 0.29) is 11.8 Å². The van der Waals surface area contributed by atoms with Crippen LogP contribution in [-0.4, -0.2) is 22.7 Å². The van der Waals surface area contributed by atoms with E-state index in [1.165, 1.54) is 59.8 Å². The Balaban J connectivity index is 1.15. The van der Waals surface area contributed by atoms with Crippen molar-refractivity contribution >= 4 is 49.3 Å². The maximum absolute atomic E-state index is 5.36. The van der Waals surface area contributed by atoms with Gasteiger partial charge in [0.25, 0.3) is 0 Å². The van der Waals surface area contributed by atoms with Gasteiger partial charge in [0.05, 0.1) is 11.4 Å². The van der Waals surface area contributed by atoms with E-state index >= 15 is 0 Å². The van der Waals surface area contributed by atoms with E-state index < -0.39 is 0 Å². The summed E-state index contributed by atoms with van der Waals surface area (Å²) in [5, 5.41) is 9.86. The molecule has 3 nitrogen and oxygen atoms in total. The van der Waals surface area contributed by atoms with E-state index in [0.29, 0.717) is 6.54 Å². The van der Waals surface area contributed by atoms with E-state index in [0.717, 1.165) is 34.8 Å². The third-order valence-corrected chi connectivity index (χ3v) is 10.9. The number of aliphatic imine (C=N–C) groups is 1. The normalized spacial score (nSPS) is 14.9. The summed E-state index contributed by atoms with van der Waals surface area (Å²) in [6.45, 7) is 8.30. The SMILES string of the molecule is C=CC=NCC(/C=C/C=C)C1=CCC(c2nc(-c3ccc(-c4cc5ccccc5c5ccccc45)cc3)cc(-c3cc4ccccc4c4ccccc34)n2)C=C1. The summed E-state index contributed by atoms with van der Waals surface area (Å²) in [4.78, 5) is 15.2. The molecular weight excluding hydrogens is 679 g/mol. The van der Waals surface area contributed by atoms with E-state index in [2.05, 4.69) is 182 Å². The highest BCUT2D eigenvalue weighted by Crippen LogP contribution is 2.39. The molecule has 2 unspecified atom stereocenters. The lowest BCUT2D eigenvalue weighted by atomic mass is 9.88. The van der Waals surface area contributed by atoms with Crippen LogP contribution in [0.2, 0.25) is 0 Å². The average Bonchev–Trinajstić information content (AvgIpc) is 3.27. The van der Waals surface area contributed by atoms with Crippen molar-refractivity contribution in [3.63, 3.8) is 0 Å². The first-order valence-corrected chi connectivity index (χ1v) is 19.3. The second-order valence-electron chi connectivity index (χ2n) is 14.3. The van der Waals surface area contributed by atoms with Crippen molar-refractivity contribution in [2.45, 2.75) is 12.3 Å². The van der Waals surface area contributed by atoms with Gasteiger partial charge in [-0.3, -0.25) is 4.99 Å². The molecule has 0 amide bonds. The summed E-state index contributed by atoms with van der Waals surface area (Å²) in [5.41, 5.74) is 7.62. The molecule has 0 radical (unpaired) electrons. The van der Waals surface area contributed by atoms with Gasteiger partial charge in [-0.05, 0) is 84.4 Å². The van der Waals surface area contributed by atoms with Gasteiger partial charge < -0.3 is 0 Å². The highest BCUT2D eigenvalue weighted by atomic mass is 14.9. The Morgan fingerprint density at radius 3 is 1.80 bits per heavy atom. The van der Waals surface area contributed by atoms with Crippen LogP contribution in [0.1, 0.15) is 18.2 Å². The molecule has 2 atom stereocenters. The van der Waals surface area contributed by atoms with Crippen molar-refractivity contribution in [2.24, 2.45) is 10.9 Å². The van der Waals surface area contributed by atoms with Gasteiger partial charge in [0.2, 0.25) is 0 Å². The van der Waals surface area contributed by atoms with Gasteiger partial charge in [0.1, 0.15) is 5.82 Å². The Hall–Kier alpha value is -6.97. The Labute approximate surface area is 328 Å². The Kier molecular flexibility index (Phi) is 9.57. The fourth-order valence-electron chi connectivity index (χ4n) is 8.14. The van der Waals surface area contributed by atoms with Crippen LogP contribution in [-0.2, 0) is 0 Å². The fourth-order valence-corrected chi connectivity index (χ4v) is 8.14. The van der Waals surface area contributed by atoms with E-state index in [1.807, 2.05) is 12.2 Å². The maximum Gasteiger partial charge on any atom is 0.136 e. The van der Waals surface area contributed by atoms with Gasteiger partial charge in [0, 0.05) is 35.7 Å². The topological polar surface area (TPSA) is 38.1 Å². The van der Waals surface area contributed by atoms with Gasteiger partial charge in [-0.2, -0.15) is 0 Å². The molecule has 8 aromatic rings. The molecule has 0 spiro atoms. The Morgan fingerprint density at radius 2 is 1.18 bits per heavy atom. The molecule has 1 aromatic heterocycles. The van der Waals surface area contributed by atoms with Crippen LogP contribution in [0, 0.1) is 5.92 Å². The lowest BCUT2D eigenvalue weighted by Gasteiger charge is -2.20. The van der Waals surface area contributed by atoms with E-state index in [1.54, 1.807) is 12.3 Å². The van der Waals surface area contributed by atoms with Crippen LogP contribution in [0.5, 0.6) is 0 Å². The third-order valence-electron chi connectivity index (χ3n) is 10.9. The molecule has 1 aliphatic carbocycles. The first kappa shape index (κ1) is 34.8. The molecule has 0 N–H and O–H groups in total. The minimum absolute atomic E-state index is 0.0214. The number of benzene rings is 7. The molecule has 0 saturated heterocycles. The Bertz CT molecular complexity index is 2910. The molecule has 0 bridgehead atoms. The zero-order valence-electron chi connectivity index (χ0n) is 31.2. The van der Waals surface area contributed by atoms with Crippen LogP contribution in [0.3, 0.4) is 0 Å². The van der Waals surface area contributed by atoms with Gasteiger partial charge in [-0.15, -0.1) is 0 Å². The summed E-state index contributed by atoms with van der Waals surface area (Å²) in [7, 11) is 0. The smallest absolute Gasteiger partial charge is 0.136 e.